The zero-order valence-electron chi connectivity index (χ0n) is 11.4. The van der Waals surface area contributed by atoms with Crippen LogP contribution in [-0.2, 0) is 18.3 Å². The van der Waals surface area contributed by atoms with Crippen LogP contribution in [0.15, 0.2) is 6.33 Å². The summed E-state index contributed by atoms with van der Waals surface area (Å²) >= 11 is 0. The Morgan fingerprint density at radius 2 is 2.22 bits per heavy atom. The van der Waals surface area contributed by atoms with Crippen LogP contribution in [0.1, 0.15) is 32.5 Å². The van der Waals surface area contributed by atoms with Crippen LogP contribution in [-0.4, -0.2) is 39.8 Å². The number of nitrogens with zero attached hydrogens (tertiary/aromatic N) is 3. The maximum Gasteiger partial charge on any atom is 0.220 e. The molecule has 0 aliphatic rings. The Hall–Kier alpha value is -1.43. The van der Waals surface area contributed by atoms with Crippen molar-refractivity contribution in [1.29, 1.82) is 0 Å². The zero-order chi connectivity index (χ0) is 13.4. The minimum atomic E-state index is 0.0940. The van der Waals surface area contributed by atoms with E-state index < -0.39 is 0 Å². The van der Waals surface area contributed by atoms with E-state index in [4.69, 9.17) is 0 Å². The van der Waals surface area contributed by atoms with E-state index in [1.54, 1.807) is 11.0 Å². The number of aromatic nitrogens is 3. The maximum atomic E-state index is 11.5. The van der Waals surface area contributed by atoms with Crippen LogP contribution < -0.4 is 10.6 Å². The summed E-state index contributed by atoms with van der Waals surface area (Å²) in [6, 6.07) is 0.475. The molecule has 6 heteroatoms. The molecular formula is C12H23N5O. The van der Waals surface area contributed by atoms with Crippen molar-refractivity contribution in [2.24, 2.45) is 7.05 Å². The Bertz CT molecular complexity index is 361. The van der Waals surface area contributed by atoms with E-state index in [9.17, 15) is 4.79 Å². The monoisotopic (exact) mass is 253 g/mol. The molecule has 1 aromatic heterocycles. The highest BCUT2D eigenvalue weighted by Gasteiger charge is 2.03. The SMILES string of the molecule is CC(C)NCCCC(=O)NCCc1ncn(C)n1. The van der Waals surface area contributed by atoms with Crippen molar-refractivity contribution >= 4 is 5.91 Å². The number of aryl methyl sites for hydroxylation is 1. The molecule has 1 aromatic rings. The van der Waals surface area contributed by atoms with Gasteiger partial charge in [0, 0.05) is 32.5 Å². The first-order valence-electron chi connectivity index (χ1n) is 6.42. The van der Waals surface area contributed by atoms with Gasteiger partial charge in [-0.15, -0.1) is 0 Å². The molecule has 0 aliphatic carbocycles. The highest BCUT2D eigenvalue weighted by molar-refractivity contribution is 5.75. The fourth-order valence-corrected chi connectivity index (χ4v) is 1.54. The van der Waals surface area contributed by atoms with E-state index in [2.05, 4.69) is 34.6 Å². The Labute approximate surface area is 108 Å². The lowest BCUT2D eigenvalue weighted by atomic mass is 10.2. The van der Waals surface area contributed by atoms with Crippen molar-refractivity contribution in [3.63, 3.8) is 0 Å². The topological polar surface area (TPSA) is 71.8 Å². The van der Waals surface area contributed by atoms with Gasteiger partial charge in [-0.25, -0.2) is 4.98 Å². The summed E-state index contributed by atoms with van der Waals surface area (Å²) in [4.78, 5) is 15.6. The van der Waals surface area contributed by atoms with Crippen molar-refractivity contribution in [3.05, 3.63) is 12.2 Å². The number of nitrogens with one attached hydrogen (secondary N) is 2. The van der Waals surface area contributed by atoms with Crippen LogP contribution in [0.3, 0.4) is 0 Å². The van der Waals surface area contributed by atoms with Crippen LogP contribution in [0.2, 0.25) is 0 Å². The van der Waals surface area contributed by atoms with Crippen LogP contribution in [0.5, 0.6) is 0 Å². The van der Waals surface area contributed by atoms with Gasteiger partial charge in [0.05, 0.1) is 0 Å². The van der Waals surface area contributed by atoms with Crippen molar-refractivity contribution in [1.82, 2.24) is 25.4 Å². The fourth-order valence-electron chi connectivity index (χ4n) is 1.54. The van der Waals surface area contributed by atoms with Gasteiger partial charge in [0.1, 0.15) is 6.33 Å². The number of amides is 1. The molecule has 1 rings (SSSR count). The molecule has 0 bridgehead atoms. The molecule has 0 aliphatic heterocycles. The van der Waals surface area contributed by atoms with Gasteiger partial charge in [0.15, 0.2) is 5.82 Å². The highest BCUT2D eigenvalue weighted by Crippen LogP contribution is 1.91. The molecule has 1 amide bonds. The second-order valence-corrected chi connectivity index (χ2v) is 4.65. The van der Waals surface area contributed by atoms with E-state index in [1.165, 1.54) is 0 Å². The van der Waals surface area contributed by atoms with Gasteiger partial charge in [-0.05, 0) is 13.0 Å². The predicted octanol–water partition coefficient (Wildman–Crippen LogP) is 0.252. The Kier molecular flexibility index (Phi) is 6.35. The lowest BCUT2D eigenvalue weighted by molar-refractivity contribution is -0.121. The number of carbonyl (C=O) groups excluding carboxylic acids is 1. The van der Waals surface area contributed by atoms with Gasteiger partial charge >= 0.3 is 0 Å². The standard InChI is InChI=1S/C12H23N5O/c1-10(2)13-7-4-5-12(18)14-8-6-11-15-9-17(3)16-11/h9-10,13H,4-8H2,1-3H3,(H,14,18). The van der Waals surface area contributed by atoms with E-state index in [0.717, 1.165) is 18.8 Å². The zero-order valence-corrected chi connectivity index (χ0v) is 11.4. The molecule has 6 nitrogen and oxygen atoms in total. The van der Waals surface area contributed by atoms with Gasteiger partial charge in [0.2, 0.25) is 5.91 Å². The minimum Gasteiger partial charge on any atom is -0.356 e. The summed E-state index contributed by atoms with van der Waals surface area (Å²) in [7, 11) is 1.83. The van der Waals surface area contributed by atoms with Crippen LogP contribution in [0.25, 0.3) is 0 Å². The second kappa shape index (κ2) is 7.81. The molecule has 102 valence electrons. The summed E-state index contributed by atoms with van der Waals surface area (Å²) in [6.45, 7) is 5.67. The number of carbonyl (C=O) groups is 1. The van der Waals surface area contributed by atoms with Gasteiger partial charge in [0.25, 0.3) is 0 Å². The third-order valence-corrected chi connectivity index (χ3v) is 2.45. The summed E-state index contributed by atoms with van der Waals surface area (Å²) in [5.41, 5.74) is 0. The summed E-state index contributed by atoms with van der Waals surface area (Å²) in [5.74, 6) is 0.857. The third-order valence-electron chi connectivity index (χ3n) is 2.45. The normalized spacial score (nSPS) is 10.9. The van der Waals surface area contributed by atoms with E-state index in [-0.39, 0.29) is 5.91 Å². The first-order valence-corrected chi connectivity index (χ1v) is 6.42. The van der Waals surface area contributed by atoms with E-state index >= 15 is 0 Å². The molecule has 18 heavy (non-hydrogen) atoms. The fraction of sp³-hybridized carbons (Fsp3) is 0.750. The quantitative estimate of drug-likeness (QED) is 0.652. The minimum absolute atomic E-state index is 0.0940. The molecule has 0 atom stereocenters. The Morgan fingerprint density at radius 3 is 2.83 bits per heavy atom. The van der Waals surface area contributed by atoms with Gasteiger partial charge < -0.3 is 10.6 Å². The first kappa shape index (κ1) is 14.6. The van der Waals surface area contributed by atoms with Crippen molar-refractivity contribution < 1.29 is 4.79 Å². The molecule has 2 N–H and O–H groups in total. The summed E-state index contributed by atoms with van der Waals surface area (Å²) in [5, 5.41) is 10.3. The largest absolute Gasteiger partial charge is 0.356 e. The van der Waals surface area contributed by atoms with Crippen molar-refractivity contribution in [2.45, 2.75) is 39.2 Å². The molecule has 0 fully saturated rings. The van der Waals surface area contributed by atoms with Crippen molar-refractivity contribution in [2.75, 3.05) is 13.1 Å². The molecule has 0 saturated carbocycles. The average Bonchev–Trinajstić information content (AvgIpc) is 2.70. The number of hydrogen-bond donors (Lipinski definition) is 2. The van der Waals surface area contributed by atoms with Crippen LogP contribution >= 0.6 is 0 Å². The molecule has 1 heterocycles. The predicted molar refractivity (Wildman–Crippen MR) is 70.1 cm³/mol. The summed E-state index contributed by atoms with van der Waals surface area (Å²) in [6.07, 6.45) is 3.77. The molecular weight excluding hydrogens is 230 g/mol. The van der Waals surface area contributed by atoms with Crippen molar-refractivity contribution in [3.8, 4) is 0 Å². The Balaban J connectivity index is 2.03. The lowest BCUT2D eigenvalue weighted by Gasteiger charge is -2.07. The molecule has 0 spiro atoms. The number of hydrogen-bond acceptors (Lipinski definition) is 4. The first-order chi connectivity index (χ1) is 8.58. The molecule has 0 aromatic carbocycles. The van der Waals surface area contributed by atoms with Gasteiger partial charge in [-0.2, -0.15) is 5.10 Å². The second-order valence-electron chi connectivity index (χ2n) is 4.65. The lowest BCUT2D eigenvalue weighted by Crippen LogP contribution is -2.28. The average molecular weight is 253 g/mol. The van der Waals surface area contributed by atoms with E-state index in [0.29, 0.717) is 25.4 Å². The van der Waals surface area contributed by atoms with Crippen LogP contribution in [0.4, 0.5) is 0 Å². The molecule has 0 saturated heterocycles. The highest BCUT2D eigenvalue weighted by atomic mass is 16.1. The van der Waals surface area contributed by atoms with Gasteiger partial charge in [-0.3, -0.25) is 9.48 Å². The van der Waals surface area contributed by atoms with Gasteiger partial charge in [-0.1, -0.05) is 13.8 Å². The van der Waals surface area contributed by atoms with E-state index in [1.807, 2.05) is 7.05 Å². The Morgan fingerprint density at radius 1 is 1.44 bits per heavy atom. The number of rotatable bonds is 8. The molecule has 0 radical (unpaired) electrons. The molecule has 0 unspecified atom stereocenters. The third kappa shape index (κ3) is 6.34. The smallest absolute Gasteiger partial charge is 0.220 e. The maximum absolute atomic E-state index is 11.5. The summed E-state index contributed by atoms with van der Waals surface area (Å²) < 4.78 is 1.66. The van der Waals surface area contributed by atoms with Crippen LogP contribution in [0, 0.1) is 0 Å².